The molecule has 6 nitrogen and oxygen atoms in total. The summed E-state index contributed by atoms with van der Waals surface area (Å²) in [5.41, 5.74) is -0.990. The van der Waals surface area contributed by atoms with Crippen LogP contribution in [0, 0.1) is 0 Å². The van der Waals surface area contributed by atoms with Crippen molar-refractivity contribution in [1.82, 2.24) is 0 Å². The molecule has 2 aromatic rings. The van der Waals surface area contributed by atoms with Crippen LogP contribution < -0.4 is 0 Å². The van der Waals surface area contributed by atoms with Gasteiger partial charge in [-0.2, -0.15) is 0 Å². The highest BCUT2D eigenvalue weighted by Crippen LogP contribution is 2.36. The van der Waals surface area contributed by atoms with Crippen molar-refractivity contribution in [1.29, 1.82) is 0 Å². The van der Waals surface area contributed by atoms with Crippen LogP contribution in [0.2, 0.25) is 0 Å². The number of aliphatic hydroxyl groups is 2. The van der Waals surface area contributed by atoms with Gasteiger partial charge in [0.2, 0.25) is 5.60 Å². The summed E-state index contributed by atoms with van der Waals surface area (Å²) in [6.45, 7) is 0.313. The van der Waals surface area contributed by atoms with Gasteiger partial charge in [-0.05, 0) is 11.6 Å². The first-order valence-corrected chi connectivity index (χ1v) is 6.88. The van der Waals surface area contributed by atoms with Crippen molar-refractivity contribution in [3.63, 3.8) is 0 Å². The zero-order chi connectivity index (χ0) is 15.6. The van der Waals surface area contributed by atoms with Gasteiger partial charge in [0.1, 0.15) is 6.10 Å². The Morgan fingerprint density at radius 1 is 1.23 bits per heavy atom. The average Bonchev–Trinajstić information content (AvgIpc) is 3.14. The molecule has 0 bridgehead atoms. The lowest BCUT2D eigenvalue weighted by Gasteiger charge is -2.21. The van der Waals surface area contributed by atoms with E-state index < -0.39 is 23.8 Å². The number of rotatable bonds is 5. The third kappa shape index (κ3) is 2.52. The second-order valence-electron chi connectivity index (χ2n) is 5.17. The van der Waals surface area contributed by atoms with Gasteiger partial charge in [-0.25, -0.2) is 4.79 Å². The highest BCUT2D eigenvalue weighted by molar-refractivity contribution is 5.84. The van der Waals surface area contributed by atoms with E-state index in [1.54, 1.807) is 0 Å². The van der Waals surface area contributed by atoms with Crippen molar-refractivity contribution in [2.75, 3.05) is 6.61 Å². The van der Waals surface area contributed by atoms with Crippen LogP contribution in [0.15, 0.2) is 53.3 Å². The summed E-state index contributed by atoms with van der Waals surface area (Å²) in [5.74, 6) is -0.908. The summed E-state index contributed by atoms with van der Waals surface area (Å²) in [4.78, 5) is 11.9. The topological polar surface area (TPSA) is 89.1 Å². The molecule has 2 heterocycles. The van der Waals surface area contributed by atoms with E-state index in [4.69, 9.17) is 13.9 Å². The largest absolute Gasteiger partial charge is 0.472 e. The number of hydrogen-bond acceptors (Lipinski definition) is 6. The summed E-state index contributed by atoms with van der Waals surface area (Å²) in [6, 6.07) is 10.9. The first-order valence-electron chi connectivity index (χ1n) is 6.88. The Morgan fingerprint density at radius 2 is 2.00 bits per heavy atom. The van der Waals surface area contributed by atoms with Crippen LogP contribution in [0.3, 0.4) is 0 Å². The number of carbonyl (C=O) groups excluding carboxylic acids is 1. The summed E-state index contributed by atoms with van der Waals surface area (Å²) in [5, 5.41) is 20.7. The monoisotopic (exact) mass is 304 g/mol. The van der Waals surface area contributed by atoms with Crippen LogP contribution in [0.5, 0.6) is 0 Å². The van der Waals surface area contributed by atoms with E-state index in [2.05, 4.69) is 0 Å². The van der Waals surface area contributed by atoms with Crippen molar-refractivity contribution < 1.29 is 28.9 Å². The summed E-state index contributed by atoms with van der Waals surface area (Å²) in [7, 11) is 0. The van der Waals surface area contributed by atoms with Crippen LogP contribution >= 0.6 is 0 Å². The van der Waals surface area contributed by atoms with E-state index in [0.717, 1.165) is 5.56 Å². The van der Waals surface area contributed by atoms with E-state index >= 15 is 0 Å². The standard InChI is InChI=1S/C16H16O6/c17-14-13(10-21-8-11-4-2-1-3-5-11)22-15(18)16(14,19)12-6-7-20-9-12/h1-7,9,13-14,17,19H,8,10H2/t13-,14+,16+/m0/s1. The van der Waals surface area contributed by atoms with Gasteiger partial charge < -0.3 is 24.1 Å². The van der Waals surface area contributed by atoms with Crippen molar-refractivity contribution >= 4 is 5.97 Å². The van der Waals surface area contributed by atoms with Gasteiger partial charge in [0.15, 0.2) is 6.10 Å². The smallest absolute Gasteiger partial charge is 0.346 e. The molecule has 0 saturated carbocycles. The van der Waals surface area contributed by atoms with Crippen molar-refractivity contribution in [2.45, 2.75) is 24.4 Å². The summed E-state index contributed by atoms with van der Waals surface area (Å²) in [6.07, 6.45) is 0.161. The molecule has 0 amide bonds. The van der Waals surface area contributed by atoms with Gasteiger partial charge in [-0.15, -0.1) is 0 Å². The Labute approximate surface area is 126 Å². The lowest BCUT2D eigenvalue weighted by molar-refractivity contribution is -0.158. The number of carbonyl (C=O) groups is 1. The molecule has 1 aromatic heterocycles. The van der Waals surface area contributed by atoms with Gasteiger partial charge >= 0.3 is 5.97 Å². The zero-order valence-electron chi connectivity index (χ0n) is 11.7. The molecule has 3 rings (SSSR count). The fourth-order valence-electron chi connectivity index (χ4n) is 2.44. The molecule has 116 valence electrons. The molecule has 6 heteroatoms. The van der Waals surface area contributed by atoms with Gasteiger partial charge in [-0.3, -0.25) is 0 Å². The minimum Gasteiger partial charge on any atom is -0.472 e. The van der Waals surface area contributed by atoms with Crippen LogP contribution in [0.1, 0.15) is 11.1 Å². The molecule has 2 N–H and O–H groups in total. The summed E-state index contributed by atoms with van der Waals surface area (Å²) < 4.78 is 15.4. The minimum atomic E-state index is -2.12. The molecular formula is C16H16O6. The molecule has 0 radical (unpaired) electrons. The van der Waals surface area contributed by atoms with Gasteiger partial charge in [0.05, 0.1) is 25.7 Å². The Balaban J connectivity index is 1.63. The predicted molar refractivity (Wildman–Crippen MR) is 74.6 cm³/mol. The molecule has 1 fully saturated rings. The number of ether oxygens (including phenoxy) is 2. The molecule has 3 atom stereocenters. The lowest BCUT2D eigenvalue weighted by Crippen LogP contribution is -2.44. The molecule has 1 saturated heterocycles. The maximum absolute atomic E-state index is 11.9. The first kappa shape index (κ1) is 14.8. The van der Waals surface area contributed by atoms with Gasteiger partial charge in [-0.1, -0.05) is 30.3 Å². The van der Waals surface area contributed by atoms with Crippen molar-refractivity contribution in [2.24, 2.45) is 0 Å². The van der Waals surface area contributed by atoms with E-state index in [1.165, 1.54) is 18.6 Å². The quantitative estimate of drug-likeness (QED) is 0.800. The number of benzene rings is 1. The number of esters is 1. The Hall–Kier alpha value is -2.15. The fraction of sp³-hybridized carbons (Fsp3) is 0.312. The van der Waals surface area contributed by atoms with Gasteiger partial charge in [0, 0.05) is 5.56 Å². The summed E-state index contributed by atoms with van der Waals surface area (Å²) >= 11 is 0. The Bertz CT molecular complexity index is 623. The molecular weight excluding hydrogens is 288 g/mol. The molecule has 22 heavy (non-hydrogen) atoms. The second kappa shape index (κ2) is 5.92. The number of furan rings is 1. The molecule has 0 spiro atoms. The molecule has 0 aliphatic carbocycles. The predicted octanol–water partition coefficient (Wildman–Crippen LogP) is 0.970. The SMILES string of the molecule is O=C1O[C@@H](COCc2ccccc2)[C@@H](O)[C@]1(O)c1ccoc1. The number of cyclic esters (lactones) is 1. The van der Waals surface area contributed by atoms with E-state index in [-0.39, 0.29) is 12.2 Å². The Kier molecular flexibility index (Phi) is 3.98. The molecule has 1 aliphatic heterocycles. The van der Waals surface area contributed by atoms with Crippen molar-refractivity contribution in [3.05, 3.63) is 60.1 Å². The molecule has 1 aromatic carbocycles. The first-order chi connectivity index (χ1) is 10.6. The Morgan fingerprint density at radius 3 is 2.68 bits per heavy atom. The van der Waals surface area contributed by atoms with Gasteiger partial charge in [0.25, 0.3) is 0 Å². The zero-order valence-corrected chi connectivity index (χ0v) is 11.7. The number of aliphatic hydroxyl groups excluding tert-OH is 1. The fourth-order valence-corrected chi connectivity index (χ4v) is 2.44. The van der Waals surface area contributed by atoms with Crippen LogP contribution in [0.4, 0.5) is 0 Å². The highest BCUT2D eigenvalue weighted by Gasteiger charge is 2.58. The van der Waals surface area contributed by atoms with E-state index in [0.29, 0.717) is 6.61 Å². The average molecular weight is 304 g/mol. The maximum Gasteiger partial charge on any atom is 0.346 e. The van der Waals surface area contributed by atoms with Crippen LogP contribution in [-0.2, 0) is 26.5 Å². The minimum absolute atomic E-state index is 0.0119. The van der Waals surface area contributed by atoms with Crippen LogP contribution in [0.25, 0.3) is 0 Å². The van der Waals surface area contributed by atoms with Crippen molar-refractivity contribution in [3.8, 4) is 0 Å². The van der Waals surface area contributed by atoms with E-state index in [9.17, 15) is 15.0 Å². The molecule has 1 aliphatic rings. The normalized spacial score (nSPS) is 27.8. The second-order valence-corrected chi connectivity index (χ2v) is 5.17. The number of hydrogen-bond donors (Lipinski definition) is 2. The van der Waals surface area contributed by atoms with Crippen LogP contribution in [-0.4, -0.2) is 35.0 Å². The third-order valence-corrected chi connectivity index (χ3v) is 3.70. The lowest BCUT2D eigenvalue weighted by atomic mass is 9.90. The highest BCUT2D eigenvalue weighted by atomic mass is 16.6. The van der Waals surface area contributed by atoms with E-state index in [1.807, 2.05) is 30.3 Å². The third-order valence-electron chi connectivity index (χ3n) is 3.70. The molecule has 0 unspecified atom stereocenters. The maximum atomic E-state index is 11.9.